The first-order valence-corrected chi connectivity index (χ1v) is 8.29. The molecule has 0 radical (unpaired) electrons. The number of benzene rings is 1. The first-order valence-electron chi connectivity index (χ1n) is 7.91. The van der Waals surface area contributed by atoms with Crippen LogP contribution in [0.5, 0.6) is 0 Å². The van der Waals surface area contributed by atoms with Crippen LogP contribution in [0.4, 0.5) is 11.4 Å². The molecule has 0 spiro atoms. The van der Waals surface area contributed by atoms with Crippen molar-refractivity contribution < 1.29 is 9.72 Å². The van der Waals surface area contributed by atoms with E-state index in [2.05, 4.69) is 10.2 Å². The van der Waals surface area contributed by atoms with Crippen molar-refractivity contribution in [1.29, 1.82) is 0 Å². The Morgan fingerprint density at radius 3 is 2.91 bits per heavy atom. The van der Waals surface area contributed by atoms with Crippen molar-refractivity contribution >= 4 is 28.9 Å². The molecule has 2 rings (SSSR count). The highest BCUT2D eigenvalue weighted by atomic mass is 35.5. The van der Waals surface area contributed by atoms with Crippen LogP contribution in [-0.4, -0.2) is 30.0 Å². The molecule has 1 saturated heterocycles. The number of aryl methyl sites for hydroxylation is 1. The fraction of sp³-hybridized carbons (Fsp3) is 0.562. The number of amides is 1. The van der Waals surface area contributed by atoms with Gasteiger partial charge in [0.2, 0.25) is 5.91 Å². The standard InChI is InChI=1S/C16H22ClN3O3/c1-3-5-16(21)18-12-6-4-7-19(10-12)15-8-11(2)14(20(22)23)9-13(15)17/h8-9,12H,3-7,10H2,1-2H3,(H,18,21). The molecule has 1 aromatic rings. The Hall–Kier alpha value is -1.82. The lowest BCUT2D eigenvalue weighted by atomic mass is 10.0. The van der Waals surface area contributed by atoms with Crippen molar-refractivity contribution in [2.45, 2.75) is 45.6 Å². The lowest BCUT2D eigenvalue weighted by Crippen LogP contribution is -2.47. The fourth-order valence-electron chi connectivity index (χ4n) is 2.94. The summed E-state index contributed by atoms with van der Waals surface area (Å²) in [6, 6.07) is 3.26. The van der Waals surface area contributed by atoms with Crippen LogP contribution in [0.2, 0.25) is 5.02 Å². The van der Waals surface area contributed by atoms with Gasteiger partial charge in [-0.15, -0.1) is 0 Å². The number of halogens is 1. The lowest BCUT2D eigenvalue weighted by molar-refractivity contribution is -0.385. The lowest BCUT2D eigenvalue weighted by Gasteiger charge is -2.35. The number of rotatable bonds is 5. The fourth-order valence-corrected chi connectivity index (χ4v) is 3.21. The van der Waals surface area contributed by atoms with Crippen LogP contribution in [0.1, 0.15) is 38.2 Å². The zero-order chi connectivity index (χ0) is 17.0. The number of nitro groups is 1. The maximum Gasteiger partial charge on any atom is 0.273 e. The first kappa shape index (κ1) is 17.5. The van der Waals surface area contributed by atoms with Crippen molar-refractivity contribution in [1.82, 2.24) is 5.32 Å². The summed E-state index contributed by atoms with van der Waals surface area (Å²) in [5, 5.41) is 14.4. The van der Waals surface area contributed by atoms with E-state index < -0.39 is 4.92 Å². The van der Waals surface area contributed by atoms with Crippen molar-refractivity contribution in [3.8, 4) is 0 Å². The second-order valence-electron chi connectivity index (χ2n) is 5.95. The van der Waals surface area contributed by atoms with Crippen molar-refractivity contribution in [2.75, 3.05) is 18.0 Å². The van der Waals surface area contributed by atoms with Crippen LogP contribution in [-0.2, 0) is 4.79 Å². The summed E-state index contributed by atoms with van der Waals surface area (Å²) >= 11 is 6.25. The molecule has 1 heterocycles. The molecule has 1 unspecified atom stereocenters. The second kappa shape index (κ2) is 7.64. The molecule has 126 valence electrons. The summed E-state index contributed by atoms with van der Waals surface area (Å²) < 4.78 is 0. The molecule has 1 aliphatic heterocycles. The Labute approximate surface area is 141 Å². The van der Waals surface area contributed by atoms with E-state index in [1.54, 1.807) is 13.0 Å². The molecular formula is C16H22ClN3O3. The summed E-state index contributed by atoms with van der Waals surface area (Å²) in [7, 11) is 0. The summed E-state index contributed by atoms with van der Waals surface area (Å²) in [5.74, 6) is 0.0744. The maximum atomic E-state index is 11.8. The quantitative estimate of drug-likeness (QED) is 0.658. The van der Waals surface area contributed by atoms with Gasteiger partial charge >= 0.3 is 0 Å². The minimum atomic E-state index is -0.422. The van der Waals surface area contributed by atoms with Gasteiger partial charge in [0.1, 0.15) is 0 Å². The minimum absolute atomic E-state index is 0.0311. The third kappa shape index (κ3) is 4.34. The predicted octanol–water partition coefficient (Wildman–Crippen LogP) is 3.44. The average Bonchev–Trinajstić information content (AvgIpc) is 2.49. The Morgan fingerprint density at radius 1 is 1.52 bits per heavy atom. The molecule has 1 amide bonds. The molecule has 1 aromatic carbocycles. The minimum Gasteiger partial charge on any atom is -0.368 e. The largest absolute Gasteiger partial charge is 0.368 e. The van der Waals surface area contributed by atoms with Crippen LogP contribution < -0.4 is 10.2 Å². The number of carbonyl (C=O) groups is 1. The number of hydrogen-bond acceptors (Lipinski definition) is 4. The smallest absolute Gasteiger partial charge is 0.273 e. The molecule has 23 heavy (non-hydrogen) atoms. The van der Waals surface area contributed by atoms with Gasteiger partial charge in [-0.2, -0.15) is 0 Å². The highest BCUT2D eigenvalue weighted by molar-refractivity contribution is 6.33. The van der Waals surface area contributed by atoms with Gasteiger partial charge in [-0.1, -0.05) is 18.5 Å². The van der Waals surface area contributed by atoms with E-state index in [1.807, 2.05) is 6.92 Å². The summed E-state index contributed by atoms with van der Waals surface area (Å²) in [4.78, 5) is 24.4. The summed E-state index contributed by atoms with van der Waals surface area (Å²) in [6.45, 7) is 5.19. The molecule has 1 N–H and O–H groups in total. The number of nitro benzene ring substituents is 1. The van der Waals surface area contributed by atoms with Gasteiger partial charge in [-0.05, 0) is 32.3 Å². The summed E-state index contributed by atoms with van der Waals surface area (Å²) in [5.41, 5.74) is 1.42. The van der Waals surface area contributed by atoms with Gasteiger partial charge in [0.05, 0.1) is 15.6 Å². The third-order valence-corrected chi connectivity index (χ3v) is 4.37. The highest BCUT2D eigenvalue weighted by Crippen LogP contribution is 2.34. The van der Waals surface area contributed by atoms with E-state index in [0.717, 1.165) is 31.5 Å². The third-order valence-electron chi connectivity index (χ3n) is 4.07. The molecule has 1 atom stereocenters. The monoisotopic (exact) mass is 339 g/mol. The number of carbonyl (C=O) groups excluding carboxylic acids is 1. The number of nitrogens with one attached hydrogen (secondary N) is 1. The van der Waals surface area contributed by atoms with E-state index in [1.165, 1.54) is 6.07 Å². The Kier molecular flexibility index (Phi) is 5.82. The Balaban J connectivity index is 2.13. The van der Waals surface area contributed by atoms with E-state index in [0.29, 0.717) is 23.6 Å². The number of hydrogen-bond donors (Lipinski definition) is 1. The van der Waals surface area contributed by atoms with Crippen LogP contribution in [0, 0.1) is 17.0 Å². The maximum absolute atomic E-state index is 11.8. The van der Waals surface area contributed by atoms with Gasteiger partial charge in [-0.25, -0.2) is 0 Å². The Morgan fingerprint density at radius 2 is 2.26 bits per heavy atom. The SMILES string of the molecule is CCCC(=O)NC1CCCN(c2cc(C)c([N+](=O)[O-])cc2Cl)C1. The van der Waals surface area contributed by atoms with Gasteiger partial charge in [0.15, 0.2) is 0 Å². The van der Waals surface area contributed by atoms with Gasteiger partial charge in [-0.3, -0.25) is 14.9 Å². The molecule has 0 saturated carbocycles. The predicted molar refractivity (Wildman–Crippen MR) is 91.1 cm³/mol. The van der Waals surface area contributed by atoms with E-state index in [-0.39, 0.29) is 17.6 Å². The van der Waals surface area contributed by atoms with E-state index >= 15 is 0 Å². The normalized spacial score (nSPS) is 17.9. The van der Waals surface area contributed by atoms with Crippen molar-refractivity contribution in [3.05, 3.63) is 32.8 Å². The molecular weight excluding hydrogens is 318 g/mol. The van der Waals surface area contributed by atoms with Crippen LogP contribution in [0.3, 0.4) is 0 Å². The topological polar surface area (TPSA) is 75.5 Å². The number of piperidine rings is 1. The molecule has 1 aliphatic rings. The zero-order valence-corrected chi connectivity index (χ0v) is 14.2. The van der Waals surface area contributed by atoms with E-state index in [9.17, 15) is 14.9 Å². The molecule has 0 aliphatic carbocycles. The molecule has 1 fully saturated rings. The van der Waals surface area contributed by atoms with Crippen molar-refractivity contribution in [3.63, 3.8) is 0 Å². The summed E-state index contributed by atoms with van der Waals surface area (Å²) in [6.07, 6.45) is 3.25. The average molecular weight is 340 g/mol. The molecule has 6 nitrogen and oxygen atoms in total. The highest BCUT2D eigenvalue weighted by Gasteiger charge is 2.24. The van der Waals surface area contributed by atoms with Gasteiger partial charge in [0.25, 0.3) is 5.69 Å². The van der Waals surface area contributed by atoms with Crippen molar-refractivity contribution in [2.24, 2.45) is 0 Å². The first-order chi connectivity index (χ1) is 10.9. The van der Waals surface area contributed by atoms with Gasteiger partial charge < -0.3 is 10.2 Å². The second-order valence-corrected chi connectivity index (χ2v) is 6.36. The molecule has 0 aromatic heterocycles. The number of nitrogens with zero attached hydrogens (tertiary/aromatic N) is 2. The van der Waals surface area contributed by atoms with Crippen LogP contribution in [0.25, 0.3) is 0 Å². The van der Waals surface area contributed by atoms with E-state index in [4.69, 9.17) is 11.6 Å². The molecule has 7 heteroatoms. The Bertz CT molecular complexity index is 606. The van der Waals surface area contributed by atoms with Crippen LogP contribution >= 0.6 is 11.6 Å². The number of anilines is 1. The van der Waals surface area contributed by atoms with Gasteiger partial charge in [0, 0.05) is 37.2 Å². The zero-order valence-electron chi connectivity index (χ0n) is 13.5. The molecule has 0 bridgehead atoms. The van der Waals surface area contributed by atoms with Crippen LogP contribution in [0.15, 0.2) is 12.1 Å².